The van der Waals surface area contributed by atoms with Crippen LogP contribution in [0.2, 0.25) is 5.02 Å². The molecule has 0 fully saturated rings. The molecule has 6 nitrogen and oxygen atoms in total. The highest BCUT2D eigenvalue weighted by Crippen LogP contribution is 2.30. The van der Waals surface area contributed by atoms with E-state index in [1.54, 1.807) is 29.6 Å². The zero-order valence-corrected chi connectivity index (χ0v) is 16.8. The van der Waals surface area contributed by atoms with E-state index in [9.17, 15) is 9.59 Å². The third-order valence-electron chi connectivity index (χ3n) is 4.04. The van der Waals surface area contributed by atoms with Crippen molar-refractivity contribution in [3.63, 3.8) is 0 Å². The van der Waals surface area contributed by atoms with Gasteiger partial charge in [0.15, 0.2) is 10.8 Å². The van der Waals surface area contributed by atoms with Gasteiger partial charge in [-0.2, -0.15) is 0 Å². The number of anilines is 2. The van der Waals surface area contributed by atoms with Gasteiger partial charge in [-0.15, -0.1) is 11.3 Å². The molecule has 0 bridgehead atoms. The summed E-state index contributed by atoms with van der Waals surface area (Å²) in [4.78, 5) is 34.6. The van der Waals surface area contributed by atoms with Crippen molar-refractivity contribution in [3.05, 3.63) is 82.0 Å². The Labute approximate surface area is 175 Å². The van der Waals surface area contributed by atoms with E-state index in [0.29, 0.717) is 27.1 Å². The molecule has 2 heterocycles. The number of amides is 1. The molecule has 0 atom stereocenters. The molecule has 4 rings (SSSR count). The van der Waals surface area contributed by atoms with Crippen molar-refractivity contribution in [2.45, 2.75) is 6.92 Å². The van der Waals surface area contributed by atoms with E-state index in [1.807, 2.05) is 30.3 Å². The van der Waals surface area contributed by atoms with Gasteiger partial charge in [0, 0.05) is 12.3 Å². The Morgan fingerprint density at radius 2 is 1.86 bits per heavy atom. The molecular formula is C21H14ClN3O3S. The average molecular weight is 424 g/mol. The molecular weight excluding hydrogens is 410 g/mol. The van der Waals surface area contributed by atoms with Gasteiger partial charge < -0.3 is 4.74 Å². The first-order valence-corrected chi connectivity index (χ1v) is 9.87. The van der Waals surface area contributed by atoms with Crippen molar-refractivity contribution >= 4 is 57.6 Å². The first-order valence-electron chi connectivity index (χ1n) is 8.61. The number of aliphatic imine (C=N–C) groups is 1. The summed E-state index contributed by atoms with van der Waals surface area (Å²) in [5, 5.41) is 2.69. The maximum atomic E-state index is 12.2. The maximum Gasteiger partial charge on any atom is 0.363 e. The number of aromatic nitrogens is 1. The summed E-state index contributed by atoms with van der Waals surface area (Å²) >= 11 is 7.44. The molecule has 8 heteroatoms. The molecule has 0 N–H and O–H groups in total. The number of hydrogen-bond acceptors (Lipinski definition) is 6. The van der Waals surface area contributed by atoms with Crippen LogP contribution in [0.25, 0.3) is 6.08 Å². The highest BCUT2D eigenvalue weighted by Gasteiger charge is 2.26. The van der Waals surface area contributed by atoms with E-state index in [-0.39, 0.29) is 17.5 Å². The number of ether oxygens (including phenoxy) is 1. The molecule has 0 radical (unpaired) electrons. The van der Waals surface area contributed by atoms with Crippen LogP contribution in [0.5, 0.6) is 0 Å². The molecule has 0 unspecified atom stereocenters. The van der Waals surface area contributed by atoms with Crippen molar-refractivity contribution in [3.8, 4) is 0 Å². The van der Waals surface area contributed by atoms with Crippen molar-refractivity contribution in [1.29, 1.82) is 0 Å². The molecule has 3 aromatic rings. The number of cyclic esters (lactones) is 1. The predicted octanol–water partition coefficient (Wildman–Crippen LogP) is 4.83. The summed E-state index contributed by atoms with van der Waals surface area (Å²) in [6.45, 7) is 1.47. The van der Waals surface area contributed by atoms with Crippen LogP contribution in [0.4, 0.5) is 10.8 Å². The molecule has 144 valence electrons. The topological polar surface area (TPSA) is 71.9 Å². The minimum atomic E-state index is -0.582. The van der Waals surface area contributed by atoms with Crippen molar-refractivity contribution in [2.24, 2.45) is 4.99 Å². The summed E-state index contributed by atoms with van der Waals surface area (Å²) in [6, 6.07) is 16.2. The van der Waals surface area contributed by atoms with Gasteiger partial charge in [-0.25, -0.2) is 14.8 Å². The number of rotatable bonds is 4. The molecule has 1 aromatic heterocycles. The van der Waals surface area contributed by atoms with Crippen LogP contribution in [-0.4, -0.2) is 22.8 Å². The molecule has 1 aliphatic heterocycles. The fourth-order valence-corrected chi connectivity index (χ4v) is 3.81. The second-order valence-corrected chi connectivity index (χ2v) is 7.30. The van der Waals surface area contributed by atoms with Gasteiger partial charge in [-0.05, 0) is 30.3 Å². The van der Waals surface area contributed by atoms with Gasteiger partial charge in [0.2, 0.25) is 11.8 Å². The van der Waals surface area contributed by atoms with Gasteiger partial charge in [0.1, 0.15) is 0 Å². The molecule has 1 aliphatic rings. The number of carbonyl (C=O) groups excluding carboxylic acids is 2. The standard InChI is InChI=1S/C21H14ClN3O3S/c1-13(26)25(15-7-3-2-4-8-15)21-23-14(12-29-21)11-18-20(27)28-19(24-18)16-9-5-6-10-17(16)22/h2-12H,1H3/b18-11-. The number of halogens is 1. The lowest BCUT2D eigenvalue weighted by molar-refractivity contribution is -0.130. The molecule has 2 aromatic carbocycles. The normalized spacial score (nSPS) is 14.6. The summed E-state index contributed by atoms with van der Waals surface area (Å²) in [5.74, 6) is -0.595. The quantitative estimate of drug-likeness (QED) is 0.445. The van der Waals surface area contributed by atoms with Gasteiger partial charge in [-0.3, -0.25) is 9.69 Å². The molecule has 0 saturated heterocycles. The van der Waals surface area contributed by atoms with Crippen molar-refractivity contribution in [1.82, 2.24) is 4.98 Å². The lowest BCUT2D eigenvalue weighted by Gasteiger charge is -2.17. The molecule has 0 saturated carbocycles. The molecule has 1 amide bonds. The monoisotopic (exact) mass is 423 g/mol. The molecule has 29 heavy (non-hydrogen) atoms. The Morgan fingerprint density at radius 3 is 2.59 bits per heavy atom. The molecule has 0 spiro atoms. The maximum absolute atomic E-state index is 12.2. The van der Waals surface area contributed by atoms with Gasteiger partial charge in [0.25, 0.3) is 0 Å². The van der Waals surface area contributed by atoms with Crippen LogP contribution in [0.15, 0.2) is 70.7 Å². The Balaban J connectivity index is 1.64. The SMILES string of the molecule is CC(=O)N(c1ccccc1)c1nc(/C=C2\N=C(c3ccccc3Cl)OC2=O)cs1. The fraction of sp³-hybridized carbons (Fsp3) is 0.0476. The van der Waals surface area contributed by atoms with Gasteiger partial charge in [0.05, 0.1) is 22.0 Å². The number of thiazole rings is 1. The van der Waals surface area contributed by atoms with Crippen LogP contribution in [0, 0.1) is 0 Å². The lowest BCUT2D eigenvalue weighted by Crippen LogP contribution is -2.22. The van der Waals surface area contributed by atoms with Crippen molar-refractivity contribution in [2.75, 3.05) is 4.90 Å². The smallest absolute Gasteiger partial charge is 0.363 e. The minimum Gasteiger partial charge on any atom is -0.402 e. The van der Waals surface area contributed by atoms with E-state index >= 15 is 0 Å². The number of hydrogen-bond donors (Lipinski definition) is 0. The van der Waals surface area contributed by atoms with Crippen LogP contribution in [0.3, 0.4) is 0 Å². The zero-order valence-electron chi connectivity index (χ0n) is 15.2. The van der Waals surface area contributed by atoms with E-state index in [4.69, 9.17) is 16.3 Å². The van der Waals surface area contributed by atoms with Gasteiger partial charge in [-0.1, -0.05) is 41.9 Å². The second-order valence-electron chi connectivity index (χ2n) is 6.06. The van der Waals surface area contributed by atoms with E-state index in [0.717, 1.165) is 0 Å². The summed E-state index contributed by atoms with van der Waals surface area (Å²) in [6.07, 6.45) is 1.52. The largest absolute Gasteiger partial charge is 0.402 e. The predicted molar refractivity (Wildman–Crippen MR) is 113 cm³/mol. The number of carbonyl (C=O) groups is 2. The fourth-order valence-electron chi connectivity index (χ4n) is 2.75. The van der Waals surface area contributed by atoms with E-state index < -0.39 is 5.97 Å². The number of para-hydroxylation sites is 1. The van der Waals surface area contributed by atoms with Gasteiger partial charge >= 0.3 is 5.97 Å². The van der Waals surface area contributed by atoms with Crippen molar-refractivity contribution < 1.29 is 14.3 Å². The van der Waals surface area contributed by atoms with Crippen LogP contribution >= 0.6 is 22.9 Å². The minimum absolute atomic E-state index is 0.117. The highest BCUT2D eigenvalue weighted by molar-refractivity contribution is 7.14. The summed E-state index contributed by atoms with van der Waals surface area (Å²) in [5.41, 5.74) is 1.87. The second kappa shape index (κ2) is 7.98. The molecule has 0 aliphatic carbocycles. The zero-order chi connectivity index (χ0) is 20.4. The van der Waals surface area contributed by atoms with Crippen LogP contribution in [-0.2, 0) is 14.3 Å². The third kappa shape index (κ3) is 3.96. The van der Waals surface area contributed by atoms with E-state index in [1.165, 1.54) is 29.2 Å². The summed E-state index contributed by atoms with van der Waals surface area (Å²) in [7, 11) is 0. The number of nitrogens with zero attached hydrogens (tertiary/aromatic N) is 3. The Bertz CT molecular complexity index is 1150. The highest BCUT2D eigenvalue weighted by atomic mass is 35.5. The van der Waals surface area contributed by atoms with Crippen LogP contribution in [0.1, 0.15) is 18.2 Å². The number of benzene rings is 2. The lowest BCUT2D eigenvalue weighted by atomic mass is 10.2. The third-order valence-corrected chi connectivity index (χ3v) is 5.21. The summed E-state index contributed by atoms with van der Waals surface area (Å²) < 4.78 is 5.24. The number of esters is 1. The van der Waals surface area contributed by atoms with Crippen LogP contribution < -0.4 is 4.90 Å². The Kier molecular flexibility index (Phi) is 5.24. The average Bonchev–Trinajstić information content (AvgIpc) is 3.30. The van der Waals surface area contributed by atoms with E-state index in [2.05, 4.69) is 9.98 Å². The Hall–Kier alpha value is -3.29. The first-order chi connectivity index (χ1) is 14.0. The first kappa shape index (κ1) is 19.0. The Morgan fingerprint density at radius 1 is 1.14 bits per heavy atom.